The van der Waals surface area contributed by atoms with E-state index in [4.69, 9.17) is 4.74 Å². The summed E-state index contributed by atoms with van der Waals surface area (Å²) >= 11 is 0. The third-order valence-corrected chi connectivity index (χ3v) is 4.95. The van der Waals surface area contributed by atoms with Crippen molar-refractivity contribution in [3.63, 3.8) is 0 Å². The molecule has 0 atom stereocenters. The van der Waals surface area contributed by atoms with Gasteiger partial charge in [-0.15, -0.1) is 0 Å². The van der Waals surface area contributed by atoms with Crippen molar-refractivity contribution in [2.75, 3.05) is 70.9 Å². The van der Waals surface area contributed by atoms with E-state index in [2.05, 4.69) is 5.32 Å². The number of carbonyl (C=O) groups is 2. The van der Waals surface area contributed by atoms with Crippen molar-refractivity contribution in [2.24, 2.45) is 0 Å². The van der Waals surface area contributed by atoms with E-state index >= 15 is 0 Å². The highest BCUT2D eigenvalue weighted by Crippen LogP contribution is 2.08. The van der Waals surface area contributed by atoms with Gasteiger partial charge in [0.15, 0.2) is 13.1 Å². The van der Waals surface area contributed by atoms with Gasteiger partial charge in [0, 0.05) is 18.8 Å². The number of anilines is 1. The first-order valence-electron chi connectivity index (χ1n) is 9.18. The molecule has 3 N–H and O–H groups in total. The summed E-state index contributed by atoms with van der Waals surface area (Å²) in [5, 5.41) is 2.74. The Morgan fingerprint density at radius 3 is 2.38 bits per heavy atom. The smallest absolute Gasteiger partial charge is 0.279 e. The quantitative estimate of drug-likeness (QED) is 0.536. The first-order chi connectivity index (χ1) is 12.6. The van der Waals surface area contributed by atoms with Gasteiger partial charge >= 0.3 is 0 Å². The third kappa shape index (κ3) is 5.48. The average Bonchev–Trinajstić information content (AvgIpc) is 2.64. The predicted octanol–water partition coefficient (Wildman–Crippen LogP) is -2.59. The normalized spacial score (nSPS) is 23.5. The Morgan fingerprint density at radius 2 is 1.73 bits per heavy atom. The third-order valence-electron chi connectivity index (χ3n) is 4.95. The molecule has 7 nitrogen and oxygen atoms in total. The van der Waals surface area contributed by atoms with Gasteiger partial charge in [-0.2, -0.15) is 0 Å². The highest BCUT2D eigenvalue weighted by molar-refractivity contribution is 5.91. The zero-order valence-electron chi connectivity index (χ0n) is 14.9. The molecule has 1 aromatic carbocycles. The van der Waals surface area contributed by atoms with Crippen LogP contribution >= 0.6 is 0 Å². The number of hydrogen-bond donors (Lipinski definition) is 3. The minimum atomic E-state index is -0.364. The predicted molar refractivity (Wildman–Crippen MR) is 93.6 cm³/mol. The highest BCUT2D eigenvalue weighted by atomic mass is 19.1. The maximum Gasteiger partial charge on any atom is 0.279 e. The zero-order valence-corrected chi connectivity index (χ0v) is 14.9. The van der Waals surface area contributed by atoms with E-state index < -0.39 is 0 Å². The number of piperazine rings is 1. The van der Waals surface area contributed by atoms with Gasteiger partial charge in [-0.25, -0.2) is 4.39 Å². The number of ether oxygens (including phenoxy) is 1. The van der Waals surface area contributed by atoms with Gasteiger partial charge in [0.05, 0.1) is 13.2 Å². The number of nitrogens with one attached hydrogen (secondary N) is 3. The second-order valence-electron chi connectivity index (χ2n) is 6.91. The molecule has 0 radical (unpaired) electrons. The zero-order chi connectivity index (χ0) is 18.4. The minimum absolute atomic E-state index is 0.113. The van der Waals surface area contributed by atoms with E-state index in [-0.39, 0.29) is 17.6 Å². The van der Waals surface area contributed by atoms with Crippen molar-refractivity contribution in [3.05, 3.63) is 30.1 Å². The van der Waals surface area contributed by atoms with E-state index in [0.29, 0.717) is 45.1 Å². The van der Waals surface area contributed by atoms with Crippen molar-refractivity contribution in [1.29, 1.82) is 0 Å². The molecule has 2 fully saturated rings. The molecule has 0 spiro atoms. The van der Waals surface area contributed by atoms with Crippen molar-refractivity contribution < 1.29 is 28.5 Å². The Hall–Kier alpha value is -2.03. The Kier molecular flexibility index (Phi) is 6.54. The second kappa shape index (κ2) is 9.07. The molecular formula is C18H27FN4O3+2. The van der Waals surface area contributed by atoms with E-state index in [1.165, 1.54) is 21.9 Å². The molecule has 0 saturated carbocycles. The van der Waals surface area contributed by atoms with Crippen LogP contribution in [0.25, 0.3) is 0 Å². The maximum absolute atomic E-state index is 13.2. The molecule has 0 unspecified atom stereocenters. The van der Waals surface area contributed by atoms with Crippen LogP contribution in [0.4, 0.5) is 10.1 Å². The number of hydrogen-bond acceptors (Lipinski definition) is 3. The van der Waals surface area contributed by atoms with Crippen LogP contribution in [0, 0.1) is 5.82 Å². The highest BCUT2D eigenvalue weighted by Gasteiger charge is 2.28. The Balaban J connectivity index is 1.38. The molecule has 2 aliphatic rings. The number of quaternary nitrogens is 2. The summed E-state index contributed by atoms with van der Waals surface area (Å²) in [5.74, 6) is -0.286. The van der Waals surface area contributed by atoms with Crippen LogP contribution in [-0.4, -0.2) is 82.3 Å². The lowest BCUT2D eigenvalue weighted by Crippen LogP contribution is -3.28. The Labute approximate surface area is 152 Å². The standard InChI is InChI=1S/C18H25FN4O3/c19-15-2-1-3-16(12-15)20-17(24)13-21-4-6-22(7-5-21)14-18(25)23-8-10-26-11-9-23/h1-3,12H,4-11,13-14H2,(H,20,24)/p+2. The van der Waals surface area contributed by atoms with Crippen LogP contribution in [0.5, 0.6) is 0 Å². The van der Waals surface area contributed by atoms with Gasteiger partial charge < -0.3 is 24.8 Å². The number of halogens is 1. The summed E-state index contributed by atoms with van der Waals surface area (Å²) in [4.78, 5) is 28.8. The van der Waals surface area contributed by atoms with Gasteiger partial charge in [0.25, 0.3) is 11.8 Å². The molecule has 0 aliphatic carbocycles. The van der Waals surface area contributed by atoms with Crippen LogP contribution < -0.4 is 15.1 Å². The van der Waals surface area contributed by atoms with Gasteiger partial charge in [-0.05, 0) is 18.2 Å². The molecule has 0 aromatic heterocycles. The summed E-state index contributed by atoms with van der Waals surface area (Å²) in [7, 11) is 0. The molecule has 8 heteroatoms. The molecule has 0 bridgehead atoms. The largest absolute Gasteiger partial charge is 0.378 e. The fourth-order valence-electron chi connectivity index (χ4n) is 3.45. The lowest BCUT2D eigenvalue weighted by Gasteiger charge is -2.31. The van der Waals surface area contributed by atoms with Crippen LogP contribution in [0.1, 0.15) is 0 Å². The number of carbonyl (C=O) groups excluding carboxylic acids is 2. The summed E-state index contributed by atoms with van der Waals surface area (Å²) in [5.41, 5.74) is 0.481. The first kappa shape index (κ1) is 18.8. The molecule has 1 aromatic rings. The van der Waals surface area contributed by atoms with Crippen molar-refractivity contribution in [1.82, 2.24) is 4.90 Å². The van der Waals surface area contributed by atoms with E-state index in [1.807, 2.05) is 4.90 Å². The number of morpholine rings is 1. The van der Waals surface area contributed by atoms with Crippen molar-refractivity contribution in [3.8, 4) is 0 Å². The van der Waals surface area contributed by atoms with Crippen molar-refractivity contribution in [2.45, 2.75) is 0 Å². The SMILES string of the molecule is O=C(C[NH+]1CC[NH+](CC(=O)N2CCOCC2)CC1)Nc1cccc(F)c1. The molecule has 2 amide bonds. The molecule has 3 rings (SSSR count). The van der Waals surface area contributed by atoms with Crippen molar-refractivity contribution >= 4 is 17.5 Å². The summed E-state index contributed by atoms with van der Waals surface area (Å²) in [6, 6.07) is 5.91. The monoisotopic (exact) mass is 366 g/mol. The lowest BCUT2D eigenvalue weighted by molar-refractivity contribution is -1.00. The molecular weight excluding hydrogens is 339 g/mol. The number of amides is 2. The van der Waals surface area contributed by atoms with Crippen LogP contribution in [0.3, 0.4) is 0 Å². The Morgan fingerprint density at radius 1 is 1.08 bits per heavy atom. The number of nitrogens with zero attached hydrogens (tertiary/aromatic N) is 1. The van der Waals surface area contributed by atoms with Gasteiger partial charge in [-0.1, -0.05) is 6.07 Å². The summed E-state index contributed by atoms with van der Waals surface area (Å²) in [6.07, 6.45) is 0. The van der Waals surface area contributed by atoms with Gasteiger partial charge in [0.1, 0.15) is 32.0 Å². The second-order valence-corrected chi connectivity index (χ2v) is 6.91. The van der Waals surface area contributed by atoms with Gasteiger partial charge in [-0.3, -0.25) is 9.59 Å². The lowest BCUT2D eigenvalue weighted by atomic mass is 10.2. The van der Waals surface area contributed by atoms with Crippen LogP contribution in [0.15, 0.2) is 24.3 Å². The Bertz CT molecular complexity index is 629. The average molecular weight is 366 g/mol. The molecule has 2 aliphatic heterocycles. The van der Waals surface area contributed by atoms with E-state index in [1.54, 1.807) is 12.1 Å². The summed E-state index contributed by atoms with van der Waals surface area (Å²) in [6.45, 7) is 6.94. The van der Waals surface area contributed by atoms with Crippen LogP contribution in [-0.2, 0) is 14.3 Å². The first-order valence-corrected chi connectivity index (χ1v) is 9.18. The summed E-state index contributed by atoms with van der Waals surface area (Å²) < 4.78 is 18.4. The fourth-order valence-corrected chi connectivity index (χ4v) is 3.45. The van der Waals surface area contributed by atoms with E-state index in [0.717, 1.165) is 26.2 Å². The fraction of sp³-hybridized carbons (Fsp3) is 0.556. The molecule has 26 heavy (non-hydrogen) atoms. The maximum atomic E-state index is 13.2. The molecule has 2 saturated heterocycles. The van der Waals surface area contributed by atoms with E-state index in [9.17, 15) is 14.0 Å². The number of rotatable bonds is 5. The van der Waals surface area contributed by atoms with Gasteiger partial charge in [0.2, 0.25) is 0 Å². The minimum Gasteiger partial charge on any atom is -0.378 e. The topological polar surface area (TPSA) is 67.5 Å². The van der Waals surface area contributed by atoms with Crippen LogP contribution in [0.2, 0.25) is 0 Å². The number of benzene rings is 1. The molecule has 2 heterocycles. The molecule has 142 valence electrons.